The number of hydrogen-bond donors (Lipinski definition) is 1. The second kappa shape index (κ2) is 3.73. The van der Waals surface area contributed by atoms with Crippen molar-refractivity contribution in [2.45, 2.75) is 6.54 Å². The third kappa shape index (κ3) is 2.11. The van der Waals surface area contributed by atoms with Gasteiger partial charge < -0.3 is 5.32 Å². The molecule has 2 nitrogen and oxygen atoms in total. The Morgan fingerprint density at radius 2 is 2.50 bits per heavy atom. The van der Waals surface area contributed by atoms with Gasteiger partial charge in [0.1, 0.15) is 0 Å². The van der Waals surface area contributed by atoms with E-state index in [9.17, 15) is 4.79 Å². The number of rotatable bonds is 3. The maximum Gasteiger partial charge on any atom is 0.207 e. The Kier molecular flexibility index (Phi) is 2.89. The molecule has 0 atom stereocenters. The fourth-order valence-corrected chi connectivity index (χ4v) is 2.02. The SMILES string of the molecule is O=CNCc1ccc(Br)s1. The first-order chi connectivity index (χ1) is 4.83. The second-order valence-electron chi connectivity index (χ2n) is 1.70. The van der Waals surface area contributed by atoms with Crippen LogP contribution in [0.1, 0.15) is 4.88 Å². The molecule has 0 radical (unpaired) electrons. The lowest BCUT2D eigenvalue weighted by Gasteiger charge is -1.90. The van der Waals surface area contributed by atoms with E-state index < -0.39 is 0 Å². The largest absolute Gasteiger partial charge is 0.354 e. The predicted octanol–water partition coefficient (Wildman–Crippen LogP) is 1.76. The van der Waals surface area contributed by atoms with E-state index in [1.54, 1.807) is 11.3 Å². The number of carbonyl (C=O) groups excluding carboxylic acids is 1. The summed E-state index contributed by atoms with van der Waals surface area (Å²) in [5, 5.41) is 2.59. The highest BCUT2D eigenvalue weighted by molar-refractivity contribution is 9.11. The van der Waals surface area contributed by atoms with Gasteiger partial charge in [0.05, 0.1) is 10.3 Å². The molecule has 0 aliphatic heterocycles. The number of halogens is 1. The molecule has 0 aromatic carbocycles. The van der Waals surface area contributed by atoms with Gasteiger partial charge in [-0.3, -0.25) is 4.79 Å². The van der Waals surface area contributed by atoms with Crippen molar-refractivity contribution in [3.63, 3.8) is 0 Å². The van der Waals surface area contributed by atoms with Crippen LogP contribution in [-0.2, 0) is 11.3 Å². The van der Waals surface area contributed by atoms with Gasteiger partial charge in [-0.1, -0.05) is 0 Å². The minimum absolute atomic E-state index is 0.625. The van der Waals surface area contributed by atoms with Crippen molar-refractivity contribution in [3.05, 3.63) is 20.8 Å². The number of hydrogen-bond acceptors (Lipinski definition) is 2. The van der Waals surface area contributed by atoms with E-state index in [0.717, 1.165) is 8.66 Å². The Morgan fingerprint density at radius 3 is 3.00 bits per heavy atom. The van der Waals surface area contributed by atoms with Gasteiger partial charge in [0.15, 0.2) is 0 Å². The molecule has 0 spiro atoms. The Bertz CT molecular complexity index is 223. The van der Waals surface area contributed by atoms with Crippen LogP contribution in [0.3, 0.4) is 0 Å². The average molecular weight is 220 g/mol. The van der Waals surface area contributed by atoms with Crippen molar-refractivity contribution < 1.29 is 4.79 Å². The van der Waals surface area contributed by atoms with Crippen LogP contribution in [0.2, 0.25) is 0 Å². The van der Waals surface area contributed by atoms with Crippen molar-refractivity contribution in [2.24, 2.45) is 0 Å². The fraction of sp³-hybridized carbons (Fsp3) is 0.167. The zero-order chi connectivity index (χ0) is 7.40. The van der Waals surface area contributed by atoms with Crippen molar-refractivity contribution in [1.82, 2.24) is 5.32 Å². The normalized spacial score (nSPS) is 9.30. The molecule has 0 saturated heterocycles. The van der Waals surface area contributed by atoms with Crippen molar-refractivity contribution in [1.29, 1.82) is 0 Å². The van der Waals surface area contributed by atoms with E-state index >= 15 is 0 Å². The molecule has 0 bridgehead atoms. The molecule has 54 valence electrons. The highest BCUT2D eigenvalue weighted by Gasteiger charge is 1.94. The molecule has 1 amide bonds. The first-order valence-electron chi connectivity index (χ1n) is 2.74. The summed E-state index contributed by atoms with van der Waals surface area (Å²) in [6.07, 6.45) is 0.702. The standard InChI is InChI=1S/C6H6BrNOS/c7-6-2-1-5(10-6)3-8-4-9/h1-2,4H,3H2,(H,8,9). The van der Waals surface area contributed by atoms with Crippen LogP contribution >= 0.6 is 27.3 Å². The van der Waals surface area contributed by atoms with Crippen molar-refractivity contribution in [3.8, 4) is 0 Å². The quantitative estimate of drug-likeness (QED) is 0.772. The van der Waals surface area contributed by atoms with E-state index in [-0.39, 0.29) is 0 Å². The van der Waals surface area contributed by atoms with Crippen molar-refractivity contribution in [2.75, 3.05) is 0 Å². The molecule has 1 aromatic rings. The van der Waals surface area contributed by atoms with Gasteiger partial charge in [-0.05, 0) is 28.1 Å². The highest BCUT2D eigenvalue weighted by atomic mass is 79.9. The van der Waals surface area contributed by atoms with Gasteiger partial charge >= 0.3 is 0 Å². The summed E-state index contributed by atoms with van der Waals surface area (Å²) in [6.45, 7) is 0.625. The van der Waals surface area contributed by atoms with Crippen LogP contribution < -0.4 is 5.32 Å². The van der Waals surface area contributed by atoms with Crippen LogP contribution in [0.4, 0.5) is 0 Å². The number of nitrogens with one attached hydrogen (secondary N) is 1. The van der Waals surface area contributed by atoms with Crippen LogP contribution in [-0.4, -0.2) is 6.41 Å². The van der Waals surface area contributed by atoms with Crippen LogP contribution in [0.15, 0.2) is 15.9 Å². The molecule has 1 rings (SSSR count). The number of thiophene rings is 1. The third-order valence-corrected chi connectivity index (χ3v) is 2.61. The molecular formula is C6H6BrNOS. The molecule has 10 heavy (non-hydrogen) atoms. The monoisotopic (exact) mass is 219 g/mol. The summed E-state index contributed by atoms with van der Waals surface area (Å²) >= 11 is 4.95. The van der Waals surface area contributed by atoms with E-state index in [1.807, 2.05) is 12.1 Å². The van der Waals surface area contributed by atoms with Crippen LogP contribution in [0, 0.1) is 0 Å². The molecule has 0 aliphatic carbocycles. The summed E-state index contributed by atoms with van der Waals surface area (Å²) < 4.78 is 1.09. The molecule has 0 aliphatic rings. The molecule has 1 aromatic heterocycles. The molecule has 1 N–H and O–H groups in total. The van der Waals surface area contributed by atoms with Gasteiger partial charge in [0, 0.05) is 4.88 Å². The summed E-state index contributed by atoms with van der Waals surface area (Å²) in [6, 6.07) is 3.94. The minimum atomic E-state index is 0.625. The van der Waals surface area contributed by atoms with Crippen molar-refractivity contribution >= 4 is 33.7 Å². The first-order valence-corrected chi connectivity index (χ1v) is 4.35. The lowest BCUT2D eigenvalue weighted by atomic mass is 10.5. The molecule has 4 heteroatoms. The maximum absolute atomic E-state index is 9.87. The topological polar surface area (TPSA) is 29.1 Å². The fourth-order valence-electron chi connectivity index (χ4n) is 0.589. The van der Waals surface area contributed by atoms with Gasteiger partial charge in [-0.2, -0.15) is 0 Å². The summed E-state index contributed by atoms with van der Waals surface area (Å²) in [7, 11) is 0. The Hall–Kier alpha value is -0.350. The van der Waals surface area contributed by atoms with E-state index in [2.05, 4.69) is 21.2 Å². The van der Waals surface area contributed by atoms with Gasteiger partial charge in [-0.15, -0.1) is 11.3 Å². The average Bonchev–Trinajstić information content (AvgIpc) is 2.31. The predicted molar refractivity (Wildman–Crippen MR) is 44.9 cm³/mol. The van der Waals surface area contributed by atoms with Gasteiger partial charge in [-0.25, -0.2) is 0 Å². The smallest absolute Gasteiger partial charge is 0.207 e. The summed E-state index contributed by atoms with van der Waals surface area (Å²) in [4.78, 5) is 11.0. The highest BCUT2D eigenvalue weighted by Crippen LogP contribution is 2.21. The zero-order valence-corrected chi connectivity index (χ0v) is 7.54. The summed E-state index contributed by atoms with van der Waals surface area (Å²) in [5.41, 5.74) is 0. The van der Waals surface area contributed by atoms with Gasteiger partial charge in [0.25, 0.3) is 0 Å². The molecule has 0 fully saturated rings. The Morgan fingerprint density at radius 1 is 1.70 bits per heavy atom. The second-order valence-corrected chi connectivity index (χ2v) is 4.25. The molecular weight excluding hydrogens is 214 g/mol. The Balaban J connectivity index is 2.49. The first kappa shape index (κ1) is 7.75. The lowest BCUT2D eigenvalue weighted by molar-refractivity contribution is -0.109. The third-order valence-electron chi connectivity index (χ3n) is 0.988. The zero-order valence-electron chi connectivity index (χ0n) is 5.13. The van der Waals surface area contributed by atoms with E-state index in [4.69, 9.17) is 0 Å². The Labute approximate surface area is 71.4 Å². The van der Waals surface area contributed by atoms with Crippen LogP contribution in [0.5, 0.6) is 0 Å². The molecule has 0 unspecified atom stereocenters. The minimum Gasteiger partial charge on any atom is -0.354 e. The maximum atomic E-state index is 9.87. The van der Waals surface area contributed by atoms with E-state index in [1.165, 1.54) is 0 Å². The van der Waals surface area contributed by atoms with E-state index in [0.29, 0.717) is 13.0 Å². The number of carbonyl (C=O) groups is 1. The number of amides is 1. The van der Waals surface area contributed by atoms with Crippen LogP contribution in [0.25, 0.3) is 0 Å². The summed E-state index contributed by atoms with van der Waals surface area (Å²) in [5.74, 6) is 0. The van der Waals surface area contributed by atoms with Gasteiger partial charge in [0.2, 0.25) is 6.41 Å². The molecule has 1 heterocycles. The molecule has 0 saturated carbocycles. The lowest BCUT2D eigenvalue weighted by Crippen LogP contribution is -2.07.